The minimum atomic E-state index is -3.65. The third-order valence-electron chi connectivity index (χ3n) is 7.39. The molecule has 0 aromatic heterocycles. The molecule has 2 aromatic rings. The van der Waals surface area contributed by atoms with Gasteiger partial charge in [-0.2, -0.15) is 0 Å². The van der Waals surface area contributed by atoms with Gasteiger partial charge >= 0.3 is 12.0 Å². The second kappa shape index (κ2) is 13.3. The molecule has 1 aliphatic carbocycles. The quantitative estimate of drug-likeness (QED) is 0.201. The number of rotatable bonds is 12. The third-order valence-corrected chi connectivity index (χ3v) is 8.86. The number of anilines is 2. The first kappa shape index (κ1) is 29.5. The Morgan fingerprint density at radius 2 is 1.60 bits per heavy atom. The number of sulfonamides is 1. The first-order valence-electron chi connectivity index (χ1n) is 14.0. The highest BCUT2D eigenvalue weighted by molar-refractivity contribution is 7.89. The van der Waals surface area contributed by atoms with Crippen LogP contribution in [0.15, 0.2) is 48.5 Å². The third kappa shape index (κ3) is 7.60. The lowest BCUT2D eigenvalue weighted by Gasteiger charge is -2.25. The van der Waals surface area contributed by atoms with Crippen LogP contribution in [0.4, 0.5) is 16.2 Å². The van der Waals surface area contributed by atoms with Crippen LogP contribution in [0.25, 0.3) is 0 Å². The molecule has 1 atom stereocenters. The molecule has 4 rings (SSSR count). The van der Waals surface area contributed by atoms with Crippen LogP contribution >= 0.6 is 0 Å². The number of unbranched alkanes of at least 4 members (excludes halogenated alkanes) is 1. The molecule has 2 aliphatic rings. The van der Waals surface area contributed by atoms with E-state index in [1.807, 2.05) is 31.2 Å². The Hall–Kier alpha value is -3.44. The molecule has 2 fully saturated rings. The van der Waals surface area contributed by atoms with Gasteiger partial charge in [0.25, 0.3) is 0 Å². The van der Waals surface area contributed by atoms with Crippen molar-refractivity contribution < 1.29 is 22.7 Å². The second-order valence-corrected chi connectivity index (χ2v) is 12.3. The fraction of sp³-hybridized carbons (Fsp3) is 0.483. The van der Waals surface area contributed by atoms with E-state index < -0.39 is 22.0 Å². The molecule has 1 aliphatic heterocycles. The molecule has 0 bridgehead atoms. The van der Waals surface area contributed by atoms with Crippen molar-refractivity contribution in [3.8, 4) is 0 Å². The summed E-state index contributed by atoms with van der Waals surface area (Å²) in [6.45, 7) is 2.93. The number of hydrogen-bond donors (Lipinski definition) is 3. The molecule has 216 valence electrons. The Kier molecular flexibility index (Phi) is 9.80. The van der Waals surface area contributed by atoms with Gasteiger partial charge in [0.05, 0.1) is 5.75 Å². The number of urea groups is 1. The fourth-order valence-electron chi connectivity index (χ4n) is 5.10. The van der Waals surface area contributed by atoms with E-state index in [1.165, 1.54) is 0 Å². The topological polar surface area (TPSA) is 146 Å². The van der Waals surface area contributed by atoms with E-state index in [-0.39, 0.29) is 30.1 Å². The van der Waals surface area contributed by atoms with E-state index in [0.29, 0.717) is 30.8 Å². The lowest BCUT2D eigenvalue weighted by molar-refractivity contribution is -0.152. The lowest BCUT2D eigenvalue weighted by atomic mass is 9.97. The van der Waals surface area contributed by atoms with Crippen LogP contribution in [-0.2, 0) is 26.0 Å². The Morgan fingerprint density at radius 1 is 1.02 bits per heavy atom. The van der Waals surface area contributed by atoms with Crippen molar-refractivity contribution in [3.63, 3.8) is 0 Å². The zero-order chi connectivity index (χ0) is 28.7. The van der Waals surface area contributed by atoms with Crippen LogP contribution in [0.5, 0.6) is 0 Å². The molecule has 2 aromatic carbocycles. The lowest BCUT2D eigenvalue weighted by Crippen LogP contribution is -2.45. The van der Waals surface area contributed by atoms with E-state index in [1.54, 1.807) is 34.1 Å². The molecule has 1 saturated heterocycles. The normalized spacial score (nSPS) is 17.2. The Bertz CT molecular complexity index is 1290. The summed E-state index contributed by atoms with van der Waals surface area (Å²) in [5, 5.41) is 7.54. The van der Waals surface area contributed by atoms with Crippen LogP contribution < -0.4 is 20.3 Å². The van der Waals surface area contributed by atoms with Crippen molar-refractivity contribution in [2.24, 2.45) is 5.73 Å². The zero-order valence-electron chi connectivity index (χ0n) is 23.0. The predicted molar refractivity (Wildman–Crippen MR) is 156 cm³/mol. The molecule has 10 nitrogen and oxygen atoms in total. The highest BCUT2D eigenvalue weighted by atomic mass is 32.2. The van der Waals surface area contributed by atoms with Crippen LogP contribution in [0.2, 0.25) is 0 Å². The molecule has 0 spiro atoms. The molecule has 1 saturated carbocycles. The van der Waals surface area contributed by atoms with Crippen LogP contribution in [-0.4, -0.2) is 57.2 Å². The summed E-state index contributed by atoms with van der Waals surface area (Å²) in [5.41, 5.74) is 8.32. The minimum absolute atomic E-state index is 0.0285. The standard InChI is InChI=1S/C29H39N5O5S/c1-2-3-19-40(37,38)32-26(28(35)39-25-7-5-4-6-8-25)20-21-9-13-23(14-10-21)33-17-18-34(29(33)36)24-15-11-22(12-16-24)27(30)31/h9-16,25-26,32H,2-8,17-20H2,1H3,(H3,30,31). The number of nitrogens with two attached hydrogens (primary N) is 1. The number of amides is 2. The number of nitrogen functional groups attached to an aromatic ring is 1. The van der Waals surface area contributed by atoms with Gasteiger partial charge in [-0.15, -0.1) is 0 Å². The van der Waals surface area contributed by atoms with E-state index in [0.717, 1.165) is 49.8 Å². The molecule has 40 heavy (non-hydrogen) atoms. The van der Waals surface area contributed by atoms with E-state index in [2.05, 4.69) is 4.72 Å². The maximum atomic E-state index is 13.2. The zero-order valence-corrected chi connectivity index (χ0v) is 23.8. The van der Waals surface area contributed by atoms with Crippen molar-refractivity contribution in [1.82, 2.24) is 4.72 Å². The SMILES string of the molecule is CCCCS(=O)(=O)NC(Cc1ccc(N2CCN(c3ccc(C(=N)N)cc3)C2=O)cc1)C(=O)OC1CCCCC1. The summed E-state index contributed by atoms with van der Waals surface area (Å²) in [5.74, 6) is -0.614. The van der Waals surface area contributed by atoms with Crippen molar-refractivity contribution in [1.29, 1.82) is 5.41 Å². The first-order chi connectivity index (χ1) is 19.2. The molecule has 1 heterocycles. The number of carbonyl (C=O) groups is 2. The van der Waals surface area contributed by atoms with Gasteiger partial charge in [0.2, 0.25) is 10.0 Å². The first-order valence-corrected chi connectivity index (χ1v) is 15.6. The Labute approximate surface area is 236 Å². The van der Waals surface area contributed by atoms with Gasteiger partial charge in [-0.25, -0.2) is 17.9 Å². The summed E-state index contributed by atoms with van der Waals surface area (Å²) in [7, 11) is -3.65. The molecule has 4 N–H and O–H groups in total. The van der Waals surface area contributed by atoms with E-state index in [9.17, 15) is 18.0 Å². The number of benzene rings is 2. The van der Waals surface area contributed by atoms with Gasteiger partial charge in [-0.05, 0) is 80.5 Å². The van der Waals surface area contributed by atoms with Crippen molar-refractivity contribution in [2.75, 3.05) is 28.6 Å². The number of ether oxygens (including phenoxy) is 1. The Morgan fingerprint density at radius 3 is 2.15 bits per heavy atom. The van der Waals surface area contributed by atoms with Gasteiger partial charge in [0.1, 0.15) is 18.0 Å². The number of nitrogens with one attached hydrogen (secondary N) is 2. The van der Waals surface area contributed by atoms with Gasteiger partial charge in [-0.3, -0.25) is 20.0 Å². The maximum absolute atomic E-state index is 13.2. The van der Waals surface area contributed by atoms with Gasteiger partial charge in [-0.1, -0.05) is 31.9 Å². The van der Waals surface area contributed by atoms with Crippen LogP contribution in [0.3, 0.4) is 0 Å². The molecule has 2 amide bonds. The van der Waals surface area contributed by atoms with Crippen molar-refractivity contribution in [3.05, 3.63) is 59.7 Å². The maximum Gasteiger partial charge on any atom is 0.329 e. The monoisotopic (exact) mass is 569 g/mol. The Balaban J connectivity index is 1.44. The van der Waals surface area contributed by atoms with Crippen molar-refractivity contribution in [2.45, 2.75) is 70.4 Å². The fourth-order valence-corrected chi connectivity index (χ4v) is 6.50. The molecular formula is C29H39N5O5S. The summed E-state index contributed by atoms with van der Waals surface area (Å²) >= 11 is 0. The molecular weight excluding hydrogens is 530 g/mol. The molecule has 1 unspecified atom stereocenters. The summed E-state index contributed by atoms with van der Waals surface area (Å²) in [6.07, 6.45) is 5.96. The predicted octanol–water partition coefficient (Wildman–Crippen LogP) is 3.92. The molecule has 0 radical (unpaired) electrons. The highest BCUT2D eigenvalue weighted by Gasteiger charge is 2.32. The smallest absolute Gasteiger partial charge is 0.329 e. The minimum Gasteiger partial charge on any atom is -0.461 e. The number of amidine groups is 1. The van der Waals surface area contributed by atoms with E-state index >= 15 is 0 Å². The summed E-state index contributed by atoms with van der Waals surface area (Å²) in [6, 6.07) is 13.0. The van der Waals surface area contributed by atoms with Crippen LogP contribution in [0, 0.1) is 5.41 Å². The van der Waals surface area contributed by atoms with Crippen LogP contribution in [0.1, 0.15) is 63.0 Å². The highest BCUT2D eigenvalue weighted by Crippen LogP contribution is 2.26. The van der Waals surface area contributed by atoms with Crippen molar-refractivity contribution >= 4 is 39.2 Å². The van der Waals surface area contributed by atoms with Gasteiger partial charge in [0.15, 0.2) is 0 Å². The largest absolute Gasteiger partial charge is 0.461 e. The average molecular weight is 570 g/mol. The van der Waals surface area contributed by atoms with Gasteiger partial charge in [0, 0.05) is 30.0 Å². The number of carbonyl (C=O) groups excluding carboxylic acids is 2. The summed E-state index contributed by atoms with van der Waals surface area (Å²) < 4.78 is 33.6. The molecule has 11 heteroatoms. The summed E-state index contributed by atoms with van der Waals surface area (Å²) in [4.78, 5) is 29.6. The number of esters is 1. The van der Waals surface area contributed by atoms with Gasteiger partial charge < -0.3 is 10.5 Å². The second-order valence-electron chi connectivity index (χ2n) is 10.5. The number of hydrogen-bond acceptors (Lipinski definition) is 6. The average Bonchev–Trinajstić information content (AvgIpc) is 3.33. The van der Waals surface area contributed by atoms with E-state index in [4.69, 9.17) is 15.9 Å². The number of nitrogens with zero attached hydrogens (tertiary/aromatic N) is 2.